The van der Waals surface area contributed by atoms with Crippen molar-refractivity contribution < 1.29 is 9.53 Å². The van der Waals surface area contributed by atoms with Gasteiger partial charge in [-0.1, -0.05) is 30.3 Å². The molecule has 3 rings (SSSR count). The Morgan fingerprint density at radius 2 is 1.84 bits per heavy atom. The van der Waals surface area contributed by atoms with Crippen LogP contribution in [0.5, 0.6) is 0 Å². The van der Waals surface area contributed by atoms with Crippen LogP contribution in [0, 0.1) is 0 Å². The summed E-state index contributed by atoms with van der Waals surface area (Å²) in [6.45, 7) is 6.16. The first-order valence-electron chi connectivity index (χ1n) is 8.60. The highest BCUT2D eigenvalue weighted by Gasteiger charge is 2.21. The van der Waals surface area contributed by atoms with Gasteiger partial charge in [0.1, 0.15) is 0 Å². The van der Waals surface area contributed by atoms with Crippen LogP contribution in [0.15, 0.2) is 42.7 Å². The molecule has 0 saturated carbocycles. The van der Waals surface area contributed by atoms with E-state index >= 15 is 0 Å². The smallest absolute Gasteiger partial charge is 0.256 e. The Kier molecular flexibility index (Phi) is 5.73. The fourth-order valence-electron chi connectivity index (χ4n) is 3.01. The Labute approximate surface area is 148 Å². The Morgan fingerprint density at radius 1 is 1.20 bits per heavy atom. The normalized spacial score (nSPS) is 16.4. The maximum Gasteiger partial charge on any atom is 0.256 e. The zero-order chi connectivity index (χ0) is 17.6. The van der Waals surface area contributed by atoms with Crippen LogP contribution in [0.1, 0.15) is 17.3 Å². The average Bonchev–Trinajstić information content (AvgIpc) is 2.69. The summed E-state index contributed by atoms with van der Waals surface area (Å²) in [6, 6.07) is 10.0. The van der Waals surface area contributed by atoms with E-state index in [1.165, 1.54) is 0 Å². The molecule has 0 radical (unpaired) electrons. The van der Waals surface area contributed by atoms with Gasteiger partial charge in [-0.15, -0.1) is 0 Å². The number of hydrogen-bond acceptors (Lipinski definition) is 5. The van der Waals surface area contributed by atoms with E-state index in [2.05, 4.69) is 21.8 Å². The van der Waals surface area contributed by atoms with Crippen LogP contribution in [0.2, 0.25) is 0 Å². The van der Waals surface area contributed by atoms with Crippen molar-refractivity contribution in [2.75, 3.05) is 39.9 Å². The Bertz CT molecular complexity index is 684. The van der Waals surface area contributed by atoms with E-state index in [0.29, 0.717) is 24.0 Å². The highest BCUT2D eigenvalue weighted by molar-refractivity contribution is 5.93. The van der Waals surface area contributed by atoms with Crippen LogP contribution >= 0.6 is 0 Å². The molecule has 1 aromatic carbocycles. The van der Waals surface area contributed by atoms with E-state index < -0.39 is 0 Å². The highest BCUT2D eigenvalue weighted by atomic mass is 16.5. The molecular formula is C19H24N4O2. The molecule has 25 heavy (non-hydrogen) atoms. The molecule has 1 aliphatic rings. The Balaban J connectivity index is 1.61. The predicted molar refractivity (Wildman–Crippen MR) is 96.3 cm³/mol. The SMILES string of the molecule is CC(CN(C)C(=O)c1cnc(-c2ccccc2)nc1)N1CCOCC1. The highest BCUT2D eigenvalue weighted by Crippen LogP contribution is 2.14. The maximum absolute atomic E-state index is 12.6. The molecule has 0 aliphatic carbocycles. The molecule has 1 unspecified atom stereocenters. The fourth-order valence-corrected chi connectivity index (χ4v) is 3.01. The number of amides is 1. The van der Waals surface area contributed by atoms with Crippen LogP contribution in [-0.2, 0) is 4.74 Å². The number of benzene rings is 1. The molecule has 0 N–H and O–H groups in total. The Hall–Kier alpha value is -2.31. The van der Waals surface area contributed by atoms with Gasteiger partial charge < -0.3 is 9.64 Å². The average molecular weight is 340 g/mol. The summed E-state index contributed by atoms with van der Waals surface area (Å²) < 4.78 is 5.38. The van der Waals surface area contributed by atoms with Gasteiger partial charge in [0.25, 0.3) is 5.91 Å². The van der Waals surface area contributed by atoms with Crippen LogP contribution in [0.4, 0.5) is 0 Å². The molecule has 6 heteroatoms. The molecule has 1 aliphatic heterocycles. The van der Waals surface area contributed by atoms with Gasteiger partial charge in [-0.05, 0) is 6.92 Å². The molecular weight excluding hydrogens is 316 g/mol. The van der Waals surface area contributed by atoms with Crippen LogP contribution < -0.4 is 0 Å². The van der Waals surface area contributed by atoms with Crippen molar-refractivity contribution in [3.05, 3.63) is 48.3 Å². The van der Waals surface area contributed by atoms with Crippen molar-refractivity contribution in [2.24, 2.45) is 0 Å². The molecule has 1 amide bonds. The van der Waals surface area contributed by atoms with E-state index in [4.69, 9.17) is 4.74 Å². The largest absolute Gasteiger partial charge is 0.379 e. The second-order valence-corrected chi connectivity index (χ2v) is 6.34. The third-order valence-corrected chi connectivity index (χ3v) is 4.48. The maximum atomic E-state index is 12.6. The summed E-state index contributed by atoms with van der Waals surface area (Å²) >= 11 is 0. The molecule has 0 spiro atoms. The van der Waals surface area contributed by atoms with Crippen molar-refractivity contribution in [2.45, 2.75) is 13.0 Å². The molecule has 1 aromatic heterocycles. The fraction of sp³-hybridized carbons (Fsp3) is 0.421. The molecule has 2 heterocycles. The minimum atomic E-state index is -0.0558. The Morgan fingerprint density at radius 3 is 2.48 bits per heavy atom. The first-order valence-corrected chi connectivity index (χ1v) is 8.60. The van der Waals surface area contributed by atoms with Crippen molar-refractivity contribution in [1.82, 2.24) is 19.8 Å². The van der Waals surface area contributed by atoms with Crippen LogP contribution in [0.3, 0.4) is 0 Å². The summed E-state index contributed by atoms with van der Waals surface area (Å²) in [7, 11) is 1.82. The minimum Gasteiger partial charge on any atom is -0.379 e. The molecule has 2 aromatic rings. The van der Waals surface area contributed by atoms with Crippen LogP contribution in [-0.4, -0.2) is 71.6 Å². The third kappa shape index (κ3) is 4.41. The number of rotatable bonds is 5. The lowest BCUT2D eigenvalue weighted by atomic mass is 10.2. The van der Waals surface area contributed by atoms with Gasteiger partial charge in [0, 0.05) is 50.7 Å². The van der Waals surface area contributed by atoms with Crippen molar-refractivity contribution in [3.63, 3.8) is 0 Å². The van der Waals surface area contributed by atoms with E-state index in [1.54, 1.807) is 17.3 Å². The topological polar surface area (TPSA) is 58.6 Å². The van der Waals surface area contributed by atoms with Crippen LogP contribution in [0.25, 0.3) is 11.4 Å². The van der Waals surface area contributed by atoms with Crippen molar-refractivity contribution in [1.29, 1.82) is 0 Å². The number of ether oxygens (including phenoxy) is 1. The number of carbonyl (C=O) groups is 1. The first kappa shape index (κ1) is 17.5. The van der Waals surface area contributed by atoms with Gasteiger partial charge in [0.05, 0.1) is 18.8 Å². The van der Waals surface area contributed by atoms with Crippen molar-refractivity contribution in [3.8, 4) is 11.4 Å². The number of morpholine rings is 1. The van der Waals surface area contributed by atoms with E-state index in [-0.39, 0.29) is 5.91 Å². The number of hydrogen-bond donors (Lipinski definition) is 0. The predicted octanol–water partition coefficient (Wildman–Crippen LogP) is 1.94. The molecule has 1 saturated heterocycles. The summed E-state index contributed by atoms with van der Waals surface area (Å²) in [6.07, 6.45) is 3.21. The van der Waals surface area contributed by atoms with Gasteiger partial charge in [-0.3, -0.25) is 9.69 Å². The minimum absolute atomic E-state index is 0.0558. The third-order valence-electron chi connectivity index (χ3n) is 4.48. The number of likely N-dealkylation sites (N-methyl/N-ethyl adjacent to an activating group) is 1. The summed E-state index contributed by atoms with van der Waals surface area (Å²) in [4.78, 5) is 25.4. The quantitative estimate of drug-likeness (QED) is 0.832. The molecule has 1 atom stereocenters. The number of carbonyl (C=O) groups excluding carboxylic acids is 1. The number of aromatic nitrogens is 2. The van der Waals surface area contributed by atoms with Gasteiger partial charge in [-0.2, -0.15) is 0 Å². The van der Waals surface area contributed by atoms with Gasteiger partial charge in [0.2, 0.25) is 0 Å². The van der Waals surface area contributed by atoms with Gasteiger partial charge >= 0.3 is 0 Å². The lowest BCUT2D eigenvalue weighted by molar-refractivity contribution is 0.0142. The molecule has 6 nitrogen and oxygen atoms in total. The molecule has 0 bridgehead atoms. The van der Waals surface area contributed by atoms with Gasteiger partial charge in [0.15, 0.2) is 5.82 Å². The molecule has 132 valence electrons. The summed E-state index contributed by atoms with van der Waals surface area (Å²) in [5, 5.41) is 0. The molecule has 1 fully saturated rings. The van der Waals surface area contributed by atoms with E-state index in [1.807, 2.05) is 37.4 Å². The second-order valence-electron chi connectivity index (χ2n) is 6.34. The lowest BCUT2D eigenvalue weighted by Crippen LogP contribution is -2.47. The van der Waals surface area contributed by atoms with Crippen molar-refractivity contribution >= 4 is 5.91 Å². The first-order chi connectivity index (χ1) is 12.1. The zero-order valence-corrected chi connectivity index (χ0v) is 14.8. The standard InChI is InChI=1S/C19H24N4O2/c1-15(23-8-10-25-11-9-23)14-22(2)19(24)17-12-20-18(21-13-17)16-6-4-3-5-7-16/h3-7,12-13,15H,8-11,14H2,1-2H3. The second kappa shape index (κ2) is 8.18. The van der Waals surface area contributed by atoms with E-state index in [0.717, 1.165) is 31.9 Å². The van der Waals surface area contributed by atoms with E-state index in [9.17, 15) is 4.79 Å². The zero-order valence-electron chi connectivity index (χ0n) is 14.8. The summed E-state index contributed by atoms with van der Waals surface area (Å²) in [5.41, 5.74) is 1.45. The van der Waals surface area contributed by atoms with Gasteiger partial charge in [-0.25, -0.2) is 9.97 Å². The summed E-state index contributed by atoms with van der Waals surface area (Å²) in [5.74, 6) is 0.571. The number of nitrogens with zero attached hydrogens (tertiary/aromatic N) is 4. The monoisotopic (exact) mass is 340 g/mol. The lowest BCUT2D eigenvalue weighted by Gasteiger charge is -2.34.